The zero-order valence-electron chi connectivity index (χ0n) is 13.6. The fourth-order valence-electron chi connectivity index (χ4n) is 2.71. The number of rotatable bonds is 8. The van der Waals surface area contributed by atoms with Crippen LogP contribution in [0.3, 0.4) is 0 Å². The number of hydrogen-bond donors (Lipinski definition) is 1. The van der Waals surface area contributed by atoms with Gasteiger partial charge in [0.05, 0.1) is 11.0 Å². The van der Waals surface area contributed by atoms with Crippen molar-refractivity contribution in [2.24, 2.45) is 0 Å². The summed E-state index contributed by atoms with van der Waals surface area (Å²) in [6, 6.07) is 6.90. The van der Waals surface area contributed by atoms with E-state index in [2.05, 4.69) is 20.7 Å². The molecule has 1 aromatic rings. The van der Waals surface area contributed by atoms with Crippen molar-refractivity contribution in [3.63, 3.8) is 0 Å². The minimum absolute atomic E-state index is 0.313. The van der Waals surface area contributed by atoms with Gasteiger partial charge in [0.1, 0.15) is 0 Å². The Morgan fingerprint density at radius 2 is 1.87 bits per heavy atom. The molecule has 1 saturated carbocycles. The minimum Gasteiger partial charge on any atom is -0.377 e. The van der Waals surface area contributed by atoms with Gasteiger partial charge in [-0.25, -0.2) is 13.1 Å². The topological polar surface area (TPSA) is 55.4 Å². The fraction of sp³-hybridized carbons (Fsp3) is 0.647. The number of unbranched alkanes of at least 4 members (excludes halogenated alkanes) is 1. The van der Waals surface area contributed by atoms with Crippen LogP contribution in [0.5, 0.6) is 0 Å². The van der Waals surface area contributed by atoms with E-state index in [9.17, 15) is 8.42 Å². The summed E-state index contributed by atoms with van der Waals surface area (Å²) >= 11 is 3.68. The highest BCUT2D eigenvalue weighted by Crippen LogP contribution is 2.26. The van der Waals surface area contributed by atoms with Gasteiger partial charge in [0.15, 0.2) is 0 Å². The molecule has 0 unspecified atom stereocenters. The summed E-state index contributed by atoms with van der Waals surface area (Å²) in [5.41, 5.74) is 1.05. The van der Waals surface area contributed by atoms with Gasteiger partial charge in [0, 0.05) is 18.0 Å². The normalized spacial score (nSPS) is 22.2. The van der Waals surface area contributed by atoms with Crippen molar-refractivity contribution in [1.29, 1.82) is 0 Å². The molecule has 1 aliphatic carbocycles. The van der Waals surface area contributed by atoms with Crippen LogP contribution in [0.2, 0.25) is 0 Å². The lowest BCUT2D eigenvalue weighted by molar-refractivity contribution is 0.0325. The van der Waals surface area contributed by atoms with E-state index in [1.807, 2.05) is 19.1 Å². The molecule has 0 spiro atoms. The number of ether oxygens (including phenoxy) is 1. The molecule has 2 rings (SSSR count). The van der Waals surface area contributed by atoms with Gasteiger partial charge in [-0.1, -0.05) is 46.5 Å². The standard InChI is InChI=1S/C17H26BrNO3S/c1-14-8-10-15(11-9-14)23(20,21)19-12-4-5-13-22-17-7-3-2-6-16(17)18/h8-11,16-17,19H,2-7,12-13H2,1H3/t16-,17-/m0/s1. The monoisotopic (exact) mass is 403 g/mol. The minimum atomic E-state index is -3.39. The molecule has 1 aliphatic rings. The molecular formula is C17H26BrNO3S. The summed E-state index contributed by atoms with van der Waals surface area (Å²) in [7, 11) is -3.39. The first-order chi connectivity index (χ1) is 11.0. The van der Waals surface area contributed by atoms with Crippen LogP contribution in [-0.2, 0) is 14.8 Å². The van der Waals surface area contributed by atoms with Crippen LogP contribution in [0, 0.1) is 6.92 Å². The third-order valence-electron chi connectivity index (χ3n) is 4.15. The van der Waals surface area contributed by atoms with Gasteiger partial charge >= 0.3 is 0 Å². The largest absolute Gasteiger partial charge is 0.377 e. The van der Waals surface area contributed by atoms with E-state index in [4.69, 9.17) is 4.74 Å². The van der Waals surface area contributed by atoms with E-state index in [0.29, 0.717) is 29.0 Å². The van der Waals surface area contributed by atoms with E-state index < -0.39 is 10.0 Å². The number of halogens is 1. The van der Waals surface area contributed by atoms with E-state index in [1.165, 1.54) is 19.3 Å². The SMILES string of the molecule is Cc1ccc(S(=O)(=O)NCCCCO[C@H]2CCCC[C@@H]2Br)cc1. The molecule has 2 atom stereocenters. The second-order valence-electron chi connectivity index (χ2n) is 6.13. The summed E-state index contributed by atoms with van der Waals surface area (Å²) in [4.78, 5) is 0.792. The lowest BCUT2D eigenvalue weighted by atomic mass is 9.97. The van der Waals surface area contributed by atoms with Crippen molar-refractivity contribution >= 4 is 26.0 Å². The third-order valence-corrected chi connectivity index (χ3v) is 6.67. The van der Waals surface area contributed by atoms with E-state index in [1.54, 1.807) is 12.1 Å². The van der Waals surface area contributed by atoms with Crippen molar-refractivity contribution in [3.8, 4) is 0 Å². The Bertz CT molecular complexity index is 574. The molecule has 1 N–H and O–H groups in total. The van der Waals surface area contributed by atoms with Gasteiger partial charge in [0.25, 0.3) is 0 Å². The second-order valence-corrected chi connectivity index (χ2v) is 9.07. The Morgan fingerprint density at radius 3 is 2.57 bits per heavy atom. The van der Waals surface area contributed by atoms with Gasteiger partial charge in [-0.05, 0) is 44.7 Å². The van der Waals surface area contributed by atoms with Crippen LogP contribution in [-0.4, -0.2) is 32.5 Å². The van der Waals surface area contributed by atoms with Gasteiger partial charge in [0.2, 0.25) is 10.0 Å². The predicted molar refractivity (Wildman–Crippen MR) is 96.5 cm³/mol. The highest BCUT2D eigenvalue weighted by molar-refractivity contribution is 9.09. The van der Waals surface area contributed by atoms with E-state index in [0.717, 1.165) is 24.8 Å². The molecule has 0 amide bonds. The summed E-state index contributed by atoms with van der Waals surface area (Å²) in [6.45, 7) is 3.08. The molecule has 130 valence electrons. The first-order valence-electron chi connectivity index (χ1n) is 8.31. The maximum absolute atomic E-state index is 12.1. The van der Waals surface area contributed by atoms with Gasteiger partial charge in [-0.3, -0.25) is 0 Å². The molecular weight excluding hydrogens is 378 g/mol. The number of alkyl halides is 1. The molecule has 1 fully saturated rings. The molecule has 1 aromatic carbocycles. The summed E-state index contributed by atoms with van der Waals surface area (Å²) < 4.78 is 32.8. The first kappa shape index (κ1) is 18.9. The highest BCUT2D eigenvalue weighted by atomic mass is 79.9. The zero-order valence-corrected chi connectivity index (χ0v) is 16.0. The number of aryl methyl sites for hydroxylation is 1. The lowest BCUT2D eigenvalue weighted by Gasteiger charge is -2.27. The Hall–Kier alpha value is -0.430. The molecule has 0 bridgehead atoms. The Morgan fingerprint density at radius 1 is 1.17 bits per heavy atom. The molecule has 0 heterocycles. The summed E-state index contributed by atoms with van der Waals surface area (Å²) in [5, 5.41) is 0. The second kappa shape index (κ2) is 9.16. The van der Waals surface area contributed by atoms with Crippen LogP contribution in [0.25, 0.3) is 0 Å². The molecule has 0 aliphatic heterocycles. The number of hydrogen-bond acceptors (Lipinski definition) is 3. The van der Waals surface area contributed by atoms with Crippen LogP contribution < -0.4 is 4.72 Å². The van der Waals surface area contributed by atoms with Crippen LogP contribution in [0.4, 0.5) is 0 Å². The molecule has 0 radical (unpaired) electrons. The van der Waals surface area contributed by atoms with Crippen LogP contribution >= 0.6 is 15.9 Å². The smallest absolute Gasteiger partial charge is 0.240 e. The highest BCUT2D eigenvalue weighted by Gasteiger charge is 2.22. The fourth-order valence-corrected chi connectivity index (χ4v) is 4.52. The first-order valence-corrected chi connectivity index (χ1v) is 10.7. The van der Waals surface area contributed by atoms with Crippen molar-refractivity contribution in [2.75, 3.05) is 13.2 Å². The molecule has 4 nitrogen and oxygen atoms in total. The average Bonchev–Trinajstić information content (AvgIpc) is 2.52. The quantitative estimate of drug-likeness (QED) is 0.530. The zero-order chi connectivity index (χ0) is 16.7. The Balaban J connectivity index is 1.64. The van der Waals surface area contributed by atoms with Crippen LogP contribution in [0.1, 0.15) is 44.1 Å². The summed E-state index contributed by atoms with van der Waals surface area (Å²) in [5.74, 6) is 0. The number of benzene rings is 1. The Kier molecular flexibility index (Phi) is 7.53. The van der Waals surface area contributed by atoms with Crippen molar-refractivity contribution in [2.45, 2.75) is 61.3 Å². The Labute approximate surface area is 148 Å². The molecule has 0 saturated heterocycles. The van der Waals surface area contributed by atoms with Gasteiger partial charge in [-0.2, -0.15) is 0 Å². The maximum Gasteiger partial charge on any atom is 0.240 e. The number of nitrogens with one attached hydrogen (secondary N) is 1. The summed E-state index contributed by atoms with van der Waals surface area (Å²) in [6.07, 6.45) is 6.78. The number of sulfonamides is 1. The van der Waals surface area contributed by atoms with Gasteiger partial charge in [-0.15, -0.1) is 0 Å². The van der Waals surface area contributed by atoms with E-state index in [-0.39, 0.29) is 0 Å². The molecule has 23 heavy (non-hydrogen) atoms. The average molecular weight is 404 g/mol. The van der Waals surface area contributed by atoms with Crippen LogP contribution in [0.15, 0.2) is 29.2 Å². The molecule has 6 heteroatoms. The third kappa shape index (κ3) is 6.18. The van der Waals surface area contributed by atoms with Crippen molar-refractivity contribution in [3.05, 3.63) is 29.8 Å². The van der Waals surface area contributed by atoms with Crippen molar-refractivity contribution < 1.29 is 13.2 Å². The molecule has 0 aromatic heterocycles. The lowest BCUT2D eigenvalue weighted by Crippen LogP contribution is -2.28. The predicted octanol–water partition coefficient (Wildman–Crippen LogP) is 3.78. The van der Waals surface area contributed by atoms with Crippen molar-refractivity contribution in [1.82, 2.24) is 4.72 Å². The van der Waals surface area contributed by atoms with E-state index >= 15 is 0 Å². The maximum atomic E-state index is 12.1. The van der Waals surface area contributed by atoms with Gasteiger partial charge < -0.3 is 4.74 Å².